The molecule has 0 spiro atoms. The van der Waals surface area contributed by atoms with Gasteiger partial charge in [-0.05, 0) is 6.07 Å². The van der Waals surface area contributed by atoms with E-state index in [1.807, 2.05) is 0 Å². The molecular formula is C9H11N5O4. The molecule has 0 amide bonds. The van der Waals surface area contributed by atoms with Crippen LogP contribution in [0.5, 0.6) is 11.5 Å². The van der Waals surface area contributed by atoms with E-state index in [4.69, 9.17) is 16.2 Å². The van der Waals surface area contributed by atoms with Gasteiger partial charge in [0.2, 0.25) is 5.96 Å². The third-order valence-corrected chi connectivity index (χ3v) is 1.89. The maximum absolute atomic E-state index is 10.8. The first-order valence-electron chi connectivity index (χ1n) is 4.63. The van der Waals surface area contributed by atoms with Crippen molar-refractivity contribution >= 4 is 17.9 Å². The number of benzene rings is 1. The Labute approximate surface area is 102 Å². The van der Waals surface area contributed by atoms with Crippen molar-refractivity contribution in [2.45, 2.75) is 0 Å². The first kappa shape index (κ1) is 13.2. The Morgan fingerprint density at radius 2 is 2.22 bits per heavy atom. The number of nitro benzene ring substituents is 1. The highest BCUT2D eigenvalue weighted by Crippen LogP contribution is 2.32. The van der Waals surface area contributed by atoms with Crippen molar-refractivity contribution in [3.63, 3.8) is 0 Å². The van der Waals surface area contributed by atoms with E-state index in [9.17, 15) is 15.2 Å². The van der Waals surface area contributed by atoms with Gasteiger partial charge in [-0.1, -0.05) is 0 Å². The van der Waals surface area contributed by atoms with Crippen LogP contribution in [-0.4, -0.2) is 29.3 Å². The second kappa shape index (κ2) is 5.48. The highest BCUT2D eigenvalue weighted by molar-refractivity contribution is 5.87. The molecule has 0 aliphatic heterocycles. The van der Waals surface area contributed by atoms with Gasteiger partial charge in [-0.15, -0.1) is 5.10 Å². The number of hydrogen-bond acceptors (Lipinski definition) is 6. The molecule has 0 saturated carbocycles. The Kier molecular flexibility index (Phi) is 4.02. The molecule has 96 valence electrons. The van der Waals surface area contributed by atoms with Crippen molar-refractivity contribution in [2.24, 2.45) is 21.7 Å². The van der Waals surface area contributed by atoms with Crippen LogP contribution in [0.25, 0.3) is 0 Å². The minimum atomic E-state index is -0.640. The number of nitrogens with two attached hydrogens (primary N) is 2. The number of hydrogen-bond donors (Lipinski definition) is 3. The van der Waals surface area contributed by atoms with Crippen molar-refractivity contribution in [2.75, 3.05) is 7.11 Å². The quantitative estimate of drug-likeness (QED) is 0.295. The zero-order valence-electron chi connectivity index (χ0n) is 9.40. The summed E-state index contributed by atoms with van der Waals surface area (Å²) in [6, 6.07) is 2.20. The van der Waals surface area contributed by atoms with Crippen LogP contribution >= 0.6 is 0 Å². The number of aromatic hydroxyl groups is 1. The van der Waals surface area contributed by atoms with Crippen molar-refractivity contribution in [1.29, 1.82) is 0 Å². The lowest BCUT2D eigenvalue weighted by atomic mass is 10.1. The lowest BCUT2D eigenvalue weighted by Gasteiger charge is -2.04. The molecule has 1 aromatic carbocycles. The fourth-order valence-corrected chi connectivity index (χ4v) is 1.16. The third-order valence-electron chi connectivity index (χ3n) is 1.89. The predicted molar refractivity (Wildman–Crippen MR) is 64.7 cm³/mol. The summed E-state index contributed by atoms with van der Waals surface area (Å²) in [5, 5.41) is 27.1. The van der Waals surface area contributed by atoms with Crippen molar-refractivity contribution in [1.82, 2.24) is 0 Å². The van der Waals surface area contributed by atoms with Crippen LogP contribution in [0.2, 0.25) is 0 Å². The average molecular weight is 253 g/mol. The van der Waals surface area contributed by atoms with Crippen LogP contribution in [0.15, 0.2) is 22.3 Å². The smallest absolute Gasteiger partial charge is 0.282 e. The summed E-state index contributed by atoms with van der Waals surface area (Å²) in [5.41, 5.74) is 9.83. The summed E-state index contributed by atoms with van der Waals surface area (Å²) in [6.07, 6.45) is 1.05. The number of phenolic OH excluding ortho intramolecular Hbond substituents is 1. The number of guanidine groups is 1. The van der Waals surface area contributed by atoms with Gasteiger partial charge in [0.25, 0.3) is 5.69 Å². The Hall–Kier alpha value is -2.84. The summed E-state index contributed by atoms with van der Waals surface area (Å²) in [7, 11) is 1.28. The van der Waals surface area contributed by atoms with Crippen LogP contribution in [0.4, 0.5) is 5.69 Å². The molecule has 0 atom stereocenters. The van der Waals surface area contributed by atoms with Gasteiger partial charge < -0.3 is 21.3 Å². The lowest BCUT2D eigenvalue weighted by Crippen LogP contribution is -2.21. The second-order valence-corrected chi connectivity index (χ2v) is 3.11. The molecular weight excluding hydrogens is 242 g/mol. The highest BCUT2D eigenvalue weighted by atomic mass is 16.6. The van der Waals surface area contributed by atoms with E-state index in [0.29, 0.717) is 0 Å². The monoisotopic (exact) mass is 253 g/mol. The SMILES string of the molecule is COc1cc([N+](=O)[O-])c(/C=N/N=C(N)N)cc1O. The van der Waals surface area contributed by atoms with E-state index in [2.05, 4.69) is 10.2 Å². The zero-order valence-corrected chi connectivity index (χ0v) is 9.40. The molecule has 0 saturated heterocycles. The maximum Gasteiger partial charge on any atom is 0.282 e. The summed E-state index contributed by atoms with van der Waals surface area (Å²) < 4.78 is 4.77. The van der Waals surface area contributed by atoms with E-state index in [1.165, 1.54) is 7.11 Å². The minimum absolute atomic E-state index is 0.0132. The molecule has 0 aliphatic rings. The van der Waals surface area contributed by atoms with E-state index < -0.39 is 4.92 Å². The van der Waals surface area contributed by atoms with Crippen LogP contribution < -0.4 is 16.2 Å². The van der Waals surface area contributed by atoms with E-state index in [1.54, 1.807) is 0 Å². The number of ether oxygens (including phenoxy) is 1. The molecule has 1 rings (SSSR count). The number of nitro groups is 1. The molecule has 0 fully saturated rings. The molecule has 0 bridgehead atoms. The average Bonchev–Trinajstić information content (AvgIpc) is 2.28. The van der Waals surface area contributed by atoms with Gasteiger partial charge in [-0.25, -0.2) is 0 Å². The van der Waals surface area contributed by atoms with Crippen molar-refractivity contribution in [3.8, 4) is 11.5 Å². The van der Waals surface area contributed by atoms with Crippen LogP contribution in [0, 0.1) is 10.1 Å². The molecule has 0 unspecified atom stereocenters. The minimum Gasteiger partial charge on any atom is -0.504 e. The second-order valence-electron chi connectivity index (χ2n) is 3.11. The molecule has 1 aromatic rings. The van der Waals surface area contributed by atoms with Gasteiger partial charge in [0, 0.05) is 0 Å². The number of nitrogens with zero attached hydrogens (tertiary/aromatic N) is 3. The Morgan fingerprint density at radius 3 is 2.72 bits per heavy atom. The van der Waals surface area contributed by atoms with Crippen LogP contribution in [0.1, 0.15) is 5.56 Å². The van der Waals surface area contributed by atoms with Gasteiger partial charge in [0.1, 0.15) is 0 Å². The predicted octanol–water partition coefficient (Wildman–Crippen LogP) is -0.0837. The fourth-order valence-electron chi connectivity index (χ4n) is 1.16. The maximum atomic E-state index is 10.8. The molecule has 9 heteroatoms. The van der Waals surface area contributed by atoms with E-state index in [0.717, 1.165) is 18.3 Å². The van der Waals surface area contributed by atoms with Gasteiger partial charge in [0.15, 0.2) is 11.5 Å². The van der Waals surface area contributed by atoms with Crippen LogP contribution in [0.3, 0.4) is 0 Å². The molecule has 18 heavy (non-hydrogen) atoms. The largest absolute Gasteiger partial charge is 0.504 e. The zero-order chi connectivity index (χ0) is 13.7. The first-order chi connectivity index (χ1) is 8.45. The molecule has 0 radical (unpaired) electrons. The van der Waals surface area contributed by atoms with Gasteiger partial charge in [0.05, 0.1) is 29.9 Å². The normalized spacial score (nSPS) is 10.3. The Balaban J connectivity index is 3.25. The Bertz CT molecular complexity index is 522. The summed E-state index contributed by atoms with van der Waals surface area (Å²) in [5.74, 6) is -0.554. The Morgan fingerprint density at radius 1 is 1.56 bits per heavy atom. The molecule has 0 heterocycles. The molecule has 0 aromatic heterocycles. The van der Waals surface area contributed by atoms with Gasteiger partial charge in [-0.2, -0.15) is 5.10 Å². The summed E-state index contributed by atoms with van der Waals surface area (Å²) >= 11 is 0. The van der Waals surface area contributed by atoms with Crippen molar-refractivity contribution in [3.05, 3.63) is 27.8 Å². The molecule has 9 nitrogen and oxygen atoms in total. The van der Waals surface area contributed by atoms with Crippen molar-refractivity contribution < 1.29 is 14.8 Å². The van der Waals surface area contributed by atoms with Gasteiger partial charge in [-0.3, -0.25) is 10.1 Å². The fraction of sp³-hybridized carbons (Fsp3) is 0.111. The van der Waals surface area contributed by atoms with E-state index >= 15 is 0 Å². The molecule has 5 N–H and O–H groups in total. The highest BCUT2D eigenvalue weighted by Gasteiger charge is 2.17. The lowest BCUT2D eigenvalue weighted by molar-refractivity contribution is -0.385. The first-order valence-corrected chi connectivity index (χ1v) is 4.63. The van der Waals surface area contributed by atoms with Crippen LogP contribution in [-0.2, 0) is 0 Å². The standard InChI is InChI=1S/C9H11N5O4/c1-18-8-3-6(14(16)17)5(2-7(8)15)4-12-13-9(10)11/h2-4,15H,1H3,(H4,10,11,13)/b12-4+. The molecule has 0 aliphatic carbocycles. The summed E-state index contributed by atoms with van der Waals surface area (Å²) in [6.45, 7) is 0. The van der Waals surface area contributed by atoms with E-state index in [-0.39, 0.29) is 28.7 Å². The third kappa shape index (κ3) is 3.07. The number of phenols is 1. The van der Waals surface area contributed by atoms with Gasteiger partial charge >= 0.3 is 0 Å². The number of rotatable bonds is 4. The number of methoxy groups -OCH3 is 1. The summed E-state index contributed by atoms with van der Waals surface area (Å²) in [4.78, 5) is 10.2. The topological polar surface area (TPSA) is 149 Å².